The second-order valence-corrected chi connectivity index (χ2v) is 6.72. The van der Waals surface area contributed by atoms with E-state index in [2.05, 4.69) is 42.0 Å². The maximum absolute atomic E-state index is 2.33. The summed E-state index contributed by atoms with van der Waals surface area (Å²) in [6.07, 6.45) is 7.05. The Bertz CT molecular complexity index is 165. The van der Waals surface area contributed by atoms with Crippen LogP contribution in [0.15, 0.2) is 0 Å². The van der Waals surface area contributed by atoms with E-state index in [0.717, 1.165) is 0 Å². The average molecular weight is 244 g/mol. The normalized spacial score (nSPS) is 13.1. The molecule has 0 atom stereocenters. The van der Waals surface area contributed by atoms with Crippen LogP contribution in [0.4, 0.5) is 0 Å². The number of rotatable bonds is 10. The van der Waals surface area contributed by atoms with Crippen LogP contribution in [0.5, 0.6) is 0 Å². The number of nitrogens with zero attached hydrogens (tertiary/aromatic N) is 2. The molecule has 0 radical (unpaired) electrons. The van der Waals surface area contributed by atoms with Gasteiger partial charge >= 0.3 is 0 Å². The number of quaternary nitrogens is 2. The average Bonchev–Trinajstić information content (AvgIpc) is 2.27. The van der Waals surface area contributed by atoms with Gasteiger partial charge in [0.25, 0.3) is 0 Å². The zero-order valence-corrected chi connectivity index (χ0v) is 13.3. The summed E-state index contributed by atoms with van der Waals surface area (Å²) >= 11 is 0. The Balaban J connectivity index is 3.36. The molecule has 0 amide bonds. The molecule has 0 aliphatic carbocycles. The molecule has 0 aliphatic heterocycles. The van der Waals surface area contributed by atoms with E-state index in [-0.39, 0.29) is 0 Å². The molecule has 0 aromatic rings. The van der Waals surface area contributed by atoms with E-state index in [1.54, 1.807) is 0 Å². The van der Waals surface area contributed by atoms with Gasteiger partial charge in [0.05, 0.1) is 54.4 Å². The van der Waals surface area contributed by atoms with Crippen LogP contribution in [0.2, 0.25) is 0 Å². The highest BCUT2D eigenvalue weighted by Gasteiger charge is 2.11. The van der Waals surface area contributed by atoms with Crippen LogP contribution in [0.3, 0.4) is 0 Å². The first-order valence-electron chi connectivity index (χ1n) is 7.47. The van der Waals surface area contributed by atoms with Crippen LogP contribution in [-0.2, 0) is 0 Å². The maximum atomic E-state index is 2.33. The Kier molecular flexibility index (Phi) is 8.06. The standard InChI is InChI=1S/C15H36N2/c1-7-16(3,4)14-12-10-9-11-13-15-17(5,6)8-2/h7-15H2,1-6H3/q+2. The third kappa shape index (κ3) is 9.61. The molecule has 2 nitrogen and oxygen atoms in total. The molecular formula is C15H36N2+2. The van der Waals surface area contributed by atoms with E-state index in [1.807, 2.05) is 0 Å². The molecule has 0 heterocycles. The van der Waals surface area contributed by atoms with Crippen LogP contribution < -0.4 is 0 Å². The third-order valence-corrected chi connectivity index (χ3v) is 4.24. The van der Waals surface area contributed by atoms with Crippen LogP contribution in [0.1, 0.15) is 46.0 Å². The lowest BCUT2D eigenvalue weighted by Gasteiger charge is -2.28. The summed E-state index contributed by atoms with van der Waals surface area (Å²) in [6, 6.07) is 0. The molecule has 0 aliphatic rings. The summed E-state index contributed by atoms with van der Waals surface area (Å²) in [5.41, 5.74) is 0. The molecule has 2 heteroatoms. The van der Waals surface area contributed by atoms with Crippen molar-refractivity contribution < 1.29 is 8.97 Å². The van der Waals surface area contributed by atoms with Gasteiger partial charge in [-0.2, -0.15) is 0 Å². The summed E-state index contributed by atoms with van der Waals surface area (Å²) in [7, 11) is 9.34. The van der Waals surface area contributed by atoms with Crippen molar-refractivity contribution in [3.05, 3.63) is 0 Å². The van der Waals surface area contributed by atoms with Crippen LogP contribution >= 0.6 is 0 Å². The molecule has 17 heavy (non-hydrogen) atoms. The van der Waals surface area contributed by atoms with Crippen molar-refractivity contribution in [2.75, 3.05) is 54.4 Å². The van der Waals surface area contributed by atoms with Gasteiger partial charge in [-0.3, -0.25) is 0 Å². The minimum atomic E-state index is 1.18. The van der Waals surface area contributed by atoms with Gasteiger partial charge in [0, 0.05) is 0 Å². The SMILES string of the molecule is CC[N+](C)(C)CCCCCCC[N+](C)(C)CC. The van der Waals surface area contributed by atoms with Gasteiger partial charge in [0.15, 0.2) is 0 Å². The monoisotopic (exact) mass is 244 g/mol. The van der Waals surface area contributed by atoms with Crippen LogP contribution in [-0.4, -0.2) is 63.3 Å². The largest absolute Gasteiger partial charge is 0.329 e. The van der Waals surface area contributed by atoms with Crippen molar-refractivity contribution >= 4 is 0 Å². The van der Waals surface area contributed by atoms with Gasteiger partial charge in [-0.15, -0.1) is 0 Å². The summed E-state index contributed by atoms with van der Waals surface area (Å²) in [6.45, 7) is 9.75. The van der Waals surface area contributed by atoms with Gasteiger partial charge in [-0.25, -0.2) is 0 Å². The molecule has 0 spiro atoms. The highest BCUT2D eigenvalue weighted by atomic mass is 15.3. The molecule has 0 unspecified atom stereocenters. The summed E-state index contributed by atoms with van der Waals surface area (Å²) in [5, 5.41) is 0. The van der Waals surface area contributed by atoms with Crippen LogP contribution in [0, 0.1) is 0 Å². The lowest BCUT2D eigenvalue weighted by atomic mass is 10.1. The zero-order chi connectivity index (χ0) is 13.4. The molecule has 0 aromatic carbocycles. The highest BCUT2D eigenvalue weighted by Crippen LogP contribution is 2.08. The molecular weight excluding hydrogens is 208 g/mol. The Morgan fingerprint density at radius 1 is 0.529 bits per heavy atom. The second-order valence-electron chi connectivity index (χ2n) is 6.72. The van der Waals surface area contributed by atoms with E-state index >= 15 is 0 Å². The molecule has 0 N–H and O–H groups in total. The van der Waals surface area contributed by atoms with Gasteiger partial charge in [-0.05, 0) is 39.5 Å². The first-order valence-corrected chi connectivity index (χ1v) is 7.47. The zero-order valence-electron chi connectivity index (χ0n) is 13.3. The first-order chi connectivity index (χ1) is 7.83. The summed E-state index contributed by atoms with van der Waals surface area (Å²) in [4.78, 5) is 0. The topological polar surface area (TPSA) is 0 Å². The van der Waals surface area contributed by atoms with Gasteiger partial charge < -0.3 is 8.97 Å². The van der Waals surface area contributed by atoms with E-state index in [0.29, 0.717) is 0 Å². The molecule has 0 bridgehead atoms. The Morgan fingerprint density at radius 2 is 0.824 bits per heavy atom. The van der Waals surface area contributed by atoms with Gasteiger partial charge in [0.1, 0.15) is 0 Å². The lowest BCUT2D eigenvalue weighted by molar-refractivity contribution is -0.888. The lowest BCUT2D eigenvalue weighted by Crippen LogP contribution is -2.40. The molecule has 0 rings (SSSR count). The fourth-order valence-electron chi connectivity index (χ4n) is 1.93. The Morgan fingerprint density at radius 3 is 1.12 bits per heavy atom. The van der Waals surface area contributed by atoms with Crippen molar-refractivity contribution in [1.29, 1.82) is 0 Å². The Labute approximate surface area is 110 Å². The quantitative estimate of drug-likeness (QED) is 0.409. The molecule has 0 saturated carbocycles. The molecule has 104 valence electrons. The molecule has 0 aromatic heterocycles. The predicted molar refractivity (Wildman–Crippen MR) is 78.1 cm³/mol. The number of hydrogen-bond donors (Lipinski definition) is 0. The molecule has 0 fully saturated rings. The van der Waals surface area contributed by atoms with Gasteiger partial charge in [-0.1, -0.05) is 6.42 Å². The number of unbranched alkanes of at least 4 members (excludes halogenated alkanes) is 4. The van der Waals surface area contributed by atoms with Crippen molar-refractivity contribution in [2.45, 2.75) is 46.0 Å². The first kappa shape index (κ1) is 16.9. The van der Waals surface area contributed by atoms with E-state index < -0.39 is 0 Å². The molecule has 0 saturated heterocycles. The maximum Gasteiger partial charge on any atom is 0.0782 e. The van der Waals surface area contributed by atoms with Crippen molar-refractivity contribution in [3.8, 4) is 0 Å². The van der Waals surface area contributed by atoms with E-state index in [9.17, 15) is 0 Å². The fraction of sp³-hybridized carbons (Fsp3) is 1.00. The smallest absolute Gasteiger partial charge is 0.0782 e. The van der Waals surface area contributed by atoms with E-state index in [1.165, 1.54) is 67.2 Å². The Hall–Kier alpha value is -0.0800. The number of hydrogen-bond acceptors (Lipinski definition) is 0. The predicted octanol–water partition coefficient (Wildman–Crippen LogP) is 3.13. The van der Waals surface area contributed by atoms with Crippen LogP contribution in [0.25, 0.3) is 0 Å². The second kappa shape index (κ2) is 8.10. The van der Waals surface area contributed by atoms with Crippen molar-refractivity contribution in [2.24, 2.45) is 0 Å². The van der Waals surface area contributed by atoms with Crippen molar-refractivity contribution in [1.82, 2.24) is 0 Å². The van der Waals surface area contributed by atoms with E-state index in [4.69, 9.17) is 0 Å². The van der Waals surface area contributed by atoms with Crippen molar-refractivity contribution in [3.63, 3.8) is 0 Å². The fourth-order valence-corrected chi connectivity index (χ4v) is 1.93. The third-order valence-electron chi connectivity index (χ3n) is 4.24. The van der Waals surface area contributed by atoms with Gasteiger partial charge in [0.2, 0.25) is 0 Å². The minimum absolute atomic E-state index is 1.18. The highest BCUT2D eigenvalue weighted by molar-refractivity contribution is 4.45. The summed E-state index contributed by atoms with van der Waals surface area (Å²) < 4.78 is 2.36. The summed E-state index contributed by atoms with van der Waals surface area (Å²) in [5.74, 6) is 0. The minimum Gasteiger partial charge on any atom is -0.329 e.